The summed E-state index contributed by atoms with van der Waals surface area (Å²) in [4.78, 5) is 19.3. The number of hydrogen-bond donors (Lipinski definition) is 2. The van der Waals surface area contributed by atoms with Crippen LogP contribution in [0, 0.1) is 5.41 Å². The van der Waals surface area contributed by atoms with E-state index in [4.69, 9.17) is 10.1 Å². The van der Waals surface area contributed by atoms with Crippen molar-refractivity contribution in [2.75, 3.05) is 14.2 Å². The van der Waals surface area contributed by atoms with E-state index in [1.54, 1.807) is 25.9 Å². The van der Waals surface area contributed by atoms with Crippen LogP contribution < -0.4 is 10.1 Å². The molecule has 0 bridgehead atoms. The predicted octanol–water partition coefficient (Wildman–Crippen LogP) is 2.15. The molecule has 1 saturated heterocycles. The smallest absolute Gasteiger partial charge is 0.239 e. The summed E-state index contributed by atoms with van der Waals surface area (Å²) in [6.45, 7) is 1.94. The van der Waals surface area contributed by atoms with Crippen LogP contribution in [0.3, 0.4) is 0 Å². The molecule has 2 aromatic rings. The van der Waals surface area contributed by atoms with Crippen molar-refractivity contribution < 1.29 is 9.53 Å². The lowest BCUT2D eigenvalue weighted by Gasteiger charge is -2.44. The normalized spacial score (nSPS) is 24.5. The van der Waals surface area contributed by atoms with E-state index in [1.165, 1.54) is 16.2 Å². The first-order valence-electron chi connectivity index (χ1n) is 7.14. The molecule has 1 fully saturated rings. The lowest BCUT2D eigenvalue weighted by molar-refractivity contribution is -0.131. The average molecular weight is 330 g/mol. The second-order valence-electron chi connectivity index (χ2n) is 5.65. The zero-order valence-electron chi connectivity index (χ0n) is 13.2. The molecule has 1 aromatic heterocycles. The third-order valence-corrected chi connectivity index (χ3v) is 5.27. The monoisotopic (exact) mass is 330 g/mol. The van der Waals surface area contributed by atoms with Gasteiger partial charge in [-0.3, -0.25) is 20.1 Å². The van der Waals surface area contributed by atoms with Gasteiger partial charge in [0.25, 0.3) is 0 Å². The van der Waals surface area contributed by atoms with Crippen LogP contribution >= 0.6 is 11.3 Å². The fraction of sp³-hybridized carbons (Fsp3) is 0.312. The minimum absolute atomic E-state index is 0.0932. The standard InChI is InChI=1S/C16H18N4O2S/c1-16(12-8-18-9-23-12)13(14(21)20(2)15(17)19-16)10-4-6-11(22-3)7-5-10/h4-9,13H,1-3H3,(H2,17,19). The van der Waals surface area contributed by atoms with E-state index in [2.05, 4.69) is 10.3 Å². The maximum atomic E-state index is 12.9. The fourth-order valence-corrected chi connectivity index (χ4v) is 3.67. The number of amides is 1. The first kappa shape index (κ1) is 15.5. The van der Waals surface area contributed by atoms with Gasteiger partial charge < -0.3 is 10.1 Å². The molecule has 1 aliphatic rings. The van der Waals surface area contributed by atoms with Crippen molar-refractivity contribution in [1.82, 2.24) is 15.2 Å². The van der Waals surface area contributed by atoms with Crippen molar-refractivity contribution in [1.29, 1.82) is 5.41 Å². The Balaban J connectivity index is 2.11. The molecule has 2 unspecified atom stereocenters. The molecule has 0 aliphatic carbocycles. The molecule has 6 nitrogen and oxygen atoms in total. The van der Waals surface area contributed by atoms with Gasteiger partial charge in [-0.25, -0.2) is 0 Å². The summed E-state index contributed by atoms with van der Waals surface area (Å²) in [5.41, 5.74) is 1.90. The minimum Gasteiger partial charge on any atom is -0.497 e. The highest BCUT2D eigenvalue weighted by Crippen LogP contribution is 2.42. The number of hydrogen-bond acceptors (Lipinski definition) is 5. The van der Waals surface area contributed by atoms with Crippen LogP contribution in [-0.2, 0) is 10.3 Å². The fourth-order valence-electron chi connectivity index (χ4n) is 2.90. The molecular weight excluding hydrogens is 312 g/mol. The van der Waals surface area contributed by atoms with Gasteiger partial charge >= 0.3 is 0 Å². The van der Waals surface area contributed by atoms with Gasteiger partial charge in [0.15, 0.2) is 5.96 Å². The number of ether oxygens (including phenoxy) is 1. The van der Waals surface area contributed by atoms with Crippen molar-refractivity contribution in [2.45, 2.75) is 18.4 Å². The lowest BCUT2D eigenvalue weighted by atomic mass is 9.77. The molecule has 23 heavy (non-hydrogen) atoms. The number of nitrogens with one attached hydrogen (secondary N) is 2. The highest BCUT2D eigenvalue weighted by molar-refractivity contribution is 7.09. The van der Waals surface area contributed by atoms with Gasteiger partial charge in [0.05, 0.1) is 29.0 Å². The van der Waals surface area contributed by atoms with Crippen molar-refractivity contribution >= 4 is 23.2 Å². The number of likely N-dealkylation sites (N-methyl/N-ethyl adjacent to an activating group) is 1. The van der Waals surface area contributed by atoms with E-state index in [9.17, 15) is 4.79 Å². The van der Waals surface area contributed by atoms with Crippen LogP contribution in [0.2, 0.25) is 0 Å². The van der Waals surface area contributed by atoms with E-state index < -0.39 is 11.5 Å². The largest absolute Gasteiger partial charge is 0.497 e. The molecule has 1 aliphatic heterocycles. The SMILES string of the molecule is COc1ccc(C2C(=O)N(C)C(=N)NC2(C)c2cncs2)cc1. The topological polar surface area (TPSA) is 78.3 Å². The van der Waals surface area contributed by atoms with Crippen molar-refractivity contribution in [3.05, 3.63) is 46.4 Å². The number of thiazole rings is 1. The summed E-state index contributed by atoms with van der Waals surface area (Å²) in [6, 6.07) is 7.47. The Labute approximate surface area is 138 Å². The Morgan fingerprint density at radius 2 is 2.09 bits per heavy atom. The van der Waals surface area contributed by atoms with Gasteiger partial charge in [-0.1, -0.05) is 12.1 Å². The Bertz CT molecular complexity index is 729. The second kappa shape index (κ2) is 5.66. The summed E-state index contributed by atoms with van der Waals surface area (Å²) in [5, 5.41) is 11.2. The molecule has 1 aromatic carbocycles. The van der Waals surface area contributed by atoms with Crippen molar-refractivity contribution in [2.24, 2.45) is 0 Å². The van der Waals surface area contributed by atoms with Crippen LogP contribution in [-0.4, -0.2) is 35.9 Å². The van der Waals surface area contributed by atoms with E-state index in [-0.39, 0.29) is 11.9 Å². The molecule has 2 heterocycles. The summed E-state index contributed by atoms with van der Waals surface area (Å²) >= 11 is 1.47. The Hall–Kier alpha value is -2.41. The number of rotatable bonds is 3. The molecular formula is C16H18N4O2S. The van der Waals surface area contributed by atoms with E-state index in [0.29, 0.717) is 0 Å². The Kier molecular flexibility index (Phi) is 3.81. The molecule has 0 saturated carbocycles. The molecule has 0 spiro atoms. The first-order chi connectivity index (χ1) is 11.0. The van der Waals surface area contributed by atoms with Crippen molar-refractivity contribution in [3.63, 3.8) is 0 Å². The van der Waals surface area contributed by atoms with Crippen LogP contribution in [0.15, 0.2) is 36.0 Å². The second-order valence-corrected chi connectivity index (χ2v) is 6.53. The maximum Gasteiger partial charge on any atom is 0.239 e. The number of guanidine groups is 1. The van der Waals surface area contributed by atoms with E-state index >= 15 is 0 Å². The van der Waals surface area contributed by atoms with Crippen LogP contribution in [0.5, 0.6) is 5.75 Å². The van der Waals surface area contributed by atoms with E-state index in [1.807, 2.05) is 31.2 Å². The highest BCUT2D eigenvalue weighted by atomic mass is 32.1. The van der Waals surface area contributed by atoms with Gasteiger partial charge in [0.1, 0.15) is 5.75 Å². The van der Waals surface area contributed by atoms with Crippen molar-refractivity contribution in [3.8, 4) is 5.75 Å². The average Bonchev–Trinajstić information content (AvgIpc) is 3.09. The maximum absolute atomic E-state index is 12.9. The third-order valence-electron chi connectivity index (χ3n) is 4.26. The van der Waals surface area contributed by atoms with Gasteiger partial charge in [0.2, 0.25) is 5.91 Å². The number of methoxy groups -OCH3 is 1. The highest BCUT2D eigenvalue weighted by Gasteiger charge is 2.49. The number of carbonyl (C=O) groups is 1. The van der Waals surface area contributed by atoms with Gasteiger partial charge in [-0.05, 0) is 24.6 Å². The zero-order chi connectivity index (χ0) is 16.6. The number of nitrogens with zero attached hydrogens (tertiary/aromatic N) is 2. The molecule has 1 amide bonds. The Morgan fingerprint density at radius 1 is 1.39 bits per heavy atom. The number of benzene rings is 1. The molecule has 0 radical (unpaired) electrons. The molecule has 3 rings (SSSR count). The van der Waals surface area contributed by atoms with Crippen LogP contribution in [0.1, 0.15) is 23.3 Å². The number of carbonyl (C=O) groups excluding carboxylic acids is 1. The van der Waals surface area contributed by atoms with E-state index in [0.717, 1.165) is 16.2 Å². The molecule has 2 N–H and O–H groups in total. The molecule has 7 heteroatoms. The summed E-state index contributed by atoms with van der Waals surface area (Å²) in [7, 11) is 3.22. The molecule has 2 atom stereocenters. The predicted molar refractivity (Wildman–Crippen MR) is 88.8 cm³/mol. The minimum atomic E-state index is -0.712. The third kappa shape index (κ3) is 2.46. The van der Waals surface area contributed by atoms with Crippen LogP contribution in [0.4, 0.5) is 0 Å². The molecule has 120 valence electrons. The summed E-state index contributed by atoms with van der Waals surface area (Å²) in [6.07, 6.45) is 1.75. The summed E-state index contributed by atoms with van der Waals surface area (Å²) < 4.78 is 5.19. The Morgan fingerprint density at radius 3 is 2.65 bits per heavy atom. The van der Waals surface area contributed by atoms with Gasteiger partial charge in [-0.15, -0.1) is 11.3 Å². The zero-order valence-corrected chi connectivity index (χ0v) is 14.0. The van der Waals surface area contributed by atoms with Gasteiger partial charge in [-0.2, -0.15) is 0 Å². The quantitative estimate of drug-likeness (QED) is 0.904. The van der Waals surface area contributed by atoms with Gasteiger partial charge in [0, 0.05) is 13.2 Å². The lowest BCUT2D eigenvalue weighted by Crippen LogP contribution is -2.62. The summed E-state index contributed by atoms with van der Waals surface area (Å²) in [5.74, 6) is 0.268. The number of aromatic nitrogens is 1. The van der Waals surface area contributed by atoms with Crippen LogP contribution in [0.25, 0.3) is 0 Å². The first-order valence-corrected chi connectivity index (χ1v) is 8.02.